The molecule has 3 aromatic rings. The predicted molar refractivity (Wildman–Crippen MR) is 124 cm³/mol. The van der Waals surface area contributed by atoms with Crippen LogP contribution in [-0.2, 0) is 9.59 Å². The Morgan fingerprint density at radius 2 is 1.56 bits per heavy atom. The molecule has 168 valence electrons. The molecule has 3 aromatic carbocycles. The van der Waals surface area contributed by atoms with E-state index in [2.05, 4.69) is 5.10 Å². The van der Waals surface area contributed by atoms with Crippen molar-refractivity contribution >= 4 is 29.5 Å². The average molecular weight is 453 g/mol. The Morgan fingerprint density at radius 3 is 2.29 bits per heavy atom. The first kappa shape index (κ1) is 20.5. The van der Waals surface area contributed by atoms with Crippen LogP contribution in [0, 0.1) is 24.6 Å². The monoisotopic (exact) mass is 453 g/mol. The normalized spacial score (nSPS) is 24.8. The van der Waals surface area contributed by atoms with Gasteiger partial charge in [0.05, 0.1) is 29.8 Å². The maximum Gasteiger partial charge on any atom is 0.240 e. The lowest BCUT2D eigenvalue weighted by Gasteiger charge is -2.33. The zero-order chi connectivity index (χ0) is 23.6. The van der Waals surface area contributed by atoms with Gasteiger partial charge in [-0.25, -0.2) is 9.29 Å². The summed E-state index contributed by atoms with van der Waals surface area (Å²) in [6.45, 7) is 1.93. The summed E-state index contributed by atoms with van der Waals surface area (Å²) in [7, 11) is 0. The van der Waals surface area contributed by atoms with Crippen molar-refractivity contribution in [2.45, 2.75) is 19.0 Å². The van der Waals surface area contributed by atoms with Crippen molar-refractivity contribution in [2.24, 2.45) is 16.9 Å². The number of hydrogen-bond donors (Lipinski definition) is 0. The molecule has 34 heavy (non-hydrogen) atoms. The van der Waals surface area contributed by atoms with Gasteiger partial charge in [0.25, 0.3) is 0 Å². The molecule has 2 fully saturated rings. The molecule has 2 saturated heterocycles. The molecule has 0 N–H and O–H groups in total. The first-order chi connectivity index (χ1) is 16.5. The van der Waals surface area contributed by atoms with E-state index in [1.54, 1.807) is 23.4 Å². The number of Topliss-reactive ketones (excluding diaryl/α,β-unsaturated/α-hetero) is 1. The SMILES string of the molecule is Cc1ccc(N2C(=O)[C@@H]3[C@H](C2=O)[C@@H]2c4ccccc4C=NN2[C@@H]3C(=O)c2ccc(F)cc2)cc1. The van der Waals surface area contributed by atoms with Crippen LogP contribution in [0.25, 0.3) is 0 Å². The minimum Gasteiger partial charge on any atom is -0.292 e. The van der Waals surface area contributed by atoms with Gasteiger partial charge in [-0.2, -0.15) is 5.10 Å². The Hall–Kier alpha value is -4.13. The minimum absolute atomic E-state index is 0.272. The minimum atomic E-state index is -0.975. The molecule has 4 atom stereocenters. The quantitative estimate of drug-likeness (QED) is 0.446. The predicted octanol–water partition coefficient (Wildman–Crippen LogP) is 3.90. The van der Waals surface area contributed by atoms with Crippen molar-refractivity contribution in [3.05, 3.63) is 101 Å². The Kier molecular flexibility index (Phi) is 4.49. The Balaban J connectivity index is 1.49. The number of fused-ring (bicyclic) bond motifs is 5. The van der Waals surface area contributed by atoms with E-state index in [1.807, 2.05) is 43.3 Å². The van der Waals surface area contributed by atoms with Crippen molar-refractivity contribution in [3.63, 3.8) is 0 Å². The van der Waals surface area contributed by atoms with Crippen molar-refractivity contribution in [2.75, 3.05) is 4.90 Å². The fraction of sp³-hybridized carbons (Fsp3) is 0.185. The number of anilines is 1. The third-order valence-electron chi connectivity index (χ3n) is 6.98. The number of halogens is 1. The molecule has 0 unspecified atom stereocenters. The Labute approximate surface area is 195 Å². The molecule has 0 bridgehead atoms. The second-order valence-electron chi connectivity index (χ2n) is 8.91. The number of nitrogens with zero attached hydrogens (tertiary/aromatic N) is 3. The van der Waals surface area contributed by atoms with Gasteiger partial charge in [0.2, 0.25) is 11.8 Å². The second kappa shape index (κ2) is 7.45. The van der Waals surface area contributed by atoms with Gasteiger partial charge in [0.1, 0.15) is 11.9 Å². The standard InChI is InChI=1S/C27H20FN3O3/c1-15-6-12-19(13-7-15)30-26(33)21-22(27(30)34)24(25(32)16-8-10-18(28)11-9-16)31-23(21)20-5-3-2-4-17(20)14-29-31/h2-14,21-24H,1H3/t21-,22+,23-,24-/m0/s1. The van der Waals surface area contributed by atoms with E-state index >= 15 is 0 Å². The topological polar surface area (TPSA) is 70.1 Å². The lowest BCUT2D eigenvalue weighted by atomic mass is 9.83. The molecular weight excluding hydrogens is 433 g/mol. The smallest absolute Gasteiger partial charge is 0.240 e. The molecular formula is C27H20FN3O3. The maximum absolute atomic E-state index is 13.8. The number of benzene rings is 3. The van der Waals surface area contributed by atoms with Crippen molar-refractivity contribution in [3.8, 4) is 0 Å². The first-order valence-electron chi connectivity index (χ1n) is 11.1. The third-order valence-corrected chi connectivity index (χ3v) is 6.98. The Morgan fingerprint density at radius 1 is 0.882 bits per heavy atom. The van der Waals surface area contributed by atoms with Crippen LogP contribution in [0.5, 0.6) is 0 Å². The number of carbonyl (C=O) groups is 3. The number of rotatable bonds is 3. The number of carbonyl (C=O) groups excluding carboxylic acids is 3. The summed E-state index contributed by atoms with van der Waals surface area (Å²) in [5, 5.41) is 6.13. The molecule has 2 amide bonds. The van der Waals surface area contributed by atoms with Crippen LogP contribution in [-0.4, -0.2) is 34.9 Å². The first-order valence-corrected chi connectivity index (χ1v) is 11.1. The van der Waals surface area contributed by atoms with E-state index in [9.17, 15) is 18.8 Å². The lowest BCUT2D eigenvalue weighted by molar-refractivity contribution is -0.124. The van der Waals surface area contributed by atoms with Crippen LogP contribution in [0.4, 0.5) is 10.1 Å². The van der Waals surface area contributed by atoms with E-state index in [0.717, 1.165) is 16.7 Å². The number of aryl methyl sites for hydroxylation is 1. The molecule has 0 aromatic heterocycles. The number of hydrazone groups is 1. The molecule has 6 rings (SSSR count). The summed E-state index contributed by atoms with van der Waals surface area (Å²) >= 11 is 0. The highest BCUT2D eigenvalue weighted by Gasteiger charge is 2.65. The van der Waals surface area contributed by atoms with Crippen molar-refractivity contribution in [1.29, 1.82) is 0 Å². The number of ketones is 1. The molecule has 0 radical (unpaired) electrons. The van der Waals surface area contributed by atoms with Gasteiger partial charge in [-0.3, -0.25) is 19.4 Å². The van der Waals surface area contributed by atoms with Crippen LogP contribution >= 0.6 is 0 Å². The van der Waals surface area contributed by atoms with Crippen LogP contribution < -0.4 is 4.90 Å². The van der Waals surface area contributed by atoms with E-state index in [4.69, 9.17) is 0 Å². The van der Waals surface area contributed by atoms with Gasteiger partial charge in [0.15, 0.2) is 5.78 Å². The molecule has 0 saturated carbocycles. The largest absolute Gasteiger partial charge is 0.292 e. The summed E-state index contributed by atoms with van der Waals surface area (Å²) in [5.74, 6) is -3.24. The maximum atomic E-state index is 13.8. The van der Waals surface area contributed by atoms with Gasteiger partial charge < -0.3 is 0 Å². The average Bonchev–Trinajstić information content (AvgIpc) is 3.32. The van der Waals surface area contributed by atoms with E-state index < -0.39 is 35.6 Å². The summed E-state index contributed by atoms with van der Waals surface area (Å²) < 4.78 is 13.5. The van der Waals surface area contributed by atoms with Gasteiger partial charge in [0, 0.05) is 5.56 Å². The Bertz CT molecular complexity index is 1370. The fourth-order valence-corrected chi connectivity index (χ4v) is 5.40. The highest BCUT2D eigenvalue weighted by molar-refractivity contribution is 6.24. The van der Waals surface area contributed by atoms with Crippen molar-refractivity contribution in [1.82, 2.24) is 5.01 Å². The van der Waals surface area contributed by atoms with Crippen LogP contribution in [0.1, 0.15) is 33.1 Å². The van der Waals surface area contributed by atoms with Gasteiger partial charge in [-0.1, -0.05) is 42.0 Å². The van der Waals surface area contributed by atoms with E-state index in [1.165, 1.54) is 29.2 Å². The van der Waals surface area contributed by atoms with Gasteiger partial charge in [-0.15, -0.1) is 0 Å². The molecule has 0 spiro atoms. The van der Waals surface area contributed by atoms with Crippen LogP contribution in [0.2, 0.25) is 0 Å². The third kappa shape index (κ3) is 2.86. The van der Waals surface area contributed by atoms with Crippen LogP contribution in [0.3, 0.4) is 0 Å². The molecule has 6 nitrogen and oxygen atoms in total. The summed E-state index contributed by atoms with van der Waals surface area (Å²) in [6.07, 6.45) is 1.66. The zero-order valence-corrected chi connectivity index (χ0v) is 18.3. The van der Waals surface area contributed by atoms with E-state index in [-0.39, 0.29) is 17.3 Å². The number of hydrogen-bond acceptors (Lipinski definition) is 5. The molecule has 0 aliphatic carbocycles. The number of amides is 2. The van der Waals surface area contributed by atoms with E-state index in [0.29, 0.717) is 5.69 Å². The van der Waals surface area contributed by atoms with Crippen LogP contribution in [0.15, 0.2) is 77.9 Å². The summed E-state index contributed by atoms with van der Waals surface area (Å²) in [4.78, 5) is 42.4. The highest BCUT2D eigenvalue weighted by atomic mass is 19.1. The molecule has 7 heteroatoms. The summed E-state index contributed by atoms with van der Waals surface area (Å²) in [5.41, 5.74) is 3.48. The molecule has 3 aliphatic heterocycles. The van der Waals surface area contributed by atoms with Crippen molar-refractivity contribution < 1.29 is 18.8 Å². The fourth-order valence-electron chi connectivity index (χ4n) is 5.40. The second-order valence-corrected chi connectivity index (χ2v) is 8.91. The summed E-state index contributed by atoms with van der Waals surface area (Å²) in [6, 6.07) is 18.5. The van der Waals surface area contributed by atoms with Gasteiger partial charge in [-0.05, 0) is 54.4 Å². The van der Waals surface area contributed by atoms with Gasteiger partial charge >= 0.3 is 0 Å². The molecule has 3 aliphatic rings. The molecule has 3 heterocycles. The lowest BCUT2D eigenvalue weighted by Crippen LogP contribution is -2.44. The zero-order valence-electron chi connectivity index (χ0n) is 18.3. The highest BCUT2D eigenvalue weighted by Crippen LogP contribution is 2.53. The number of imide groups is 1.